The van der Waals surface area contributed by atoms with Crippen molar-refractivity contribution in [3.05, 3.63) is 24.3 Å². The Bertz CT molecular complexity index is 687. The van der Waals surface area contributed by atoms with Gasteiger partial charge in [0.05, 0.1) is 4.90 Å². The minimum atomic E-state index is -4.52. The lowest BCUT2D eigenvalue weighted by Crippen LogP contribution is -2.36. The number of nitrogens with one attached hydrogen (secondary N) is 3. The summed E-state index contributed by atoms with van der Waals surface area (Å²) >= 11 is 0. The smallest absolute Gasteiger partial charge is 0.347 e. The monoisotopic (exact) mass is 367 g/mol. The molecule has 0 fully saturated rings. The van der Waals surface area contributed by atoms with Gasteiger partial charge in [0.25, 0.3) is 0 Å². The molecule has 24 heavy (non-hydrogen) atoms. The van der Waals surface area contributed by atoms with E-state index in [1.54, 1.807) is 5.32 Å². The van der Waals surface area contributed by atoms with Crippen molar-refractivity contribution >= 4 is 27.5 Å². The average Bonchev–Trinajstić information content (AvgIpc) is 2.44. The van der Waals surface area contributed by atoms with Gasteiger partial charge in [0.1, 0.15) is 6.54 Å². The van der Waals surface area contributed by atoms with Crippen LogP contribution >= 0.6 is 0 Å². The van der Waals surface area contributed by atoms with Gasteiger partial charge < -0.3 is 10.6 Å². The first-order valence-corrected chi connectivity index (χ1v) is 8.19. The van der Waals surface area contributed by atoms with E-state index in [0.29, 0.717) is 5.69 Å². The number of rotatable bonds is 7. The third-order valence-electron chi connectivity index (χ3n) is 2.62. The predicted octanol–water partition coefficient (Wildman–Crippen LogP) is 0.992. The molecule has 7 nitrogen and oxygen atoms in total. The molecular weight excluding hydrogens is 351 g/mol. The summed E-state index contributed by atoms with van der Waals surface area (Å²) < 4.78 is 61.7. The first kappa shape index (κ1) is 19.9. The van der Waals surface area contributed by atoms with Crippen LogP contribution in [0.25, 0.3) is 0 Å². The third kappa shape index (κ3) is 7.42. The lowest BCUT2D eigenvalue weighted by atomic mass is 10.3. The number of hydrogen-bond acceptors (Lipinski definition) is 4. The lowest BCUT2D eigenvalue weighted by molar-refractivity contribution is -0.138. The fraction of sp³-hybridized carbons (Fsp3) is 0.385. The van der Waals surface area contributed by atoms with Crippen molar-refractivity contribution in [2.75, 3.05) is 18.4 Å². The molecule has 0 saturated carbocycles. The van der Waals surface area contributed by atoms with Crippen LogP contribution in [0.1, 0.15) is 13.3 Å². The van der Waals surface area contributed by atoms with Gasteiger partial charge in [-0.25, -0.2) is 13.1 Å². The van der Waals surface area contributed by atoms with E-state index in [0.717, 1.165) is 0 Å². The molecule has 3 N–H and O–H groups in total. The highest BCUT2D eigenvalue weighted by molar-refractivity contribution is 7.89. The Morgan fingerprint density at radius 1 is 1.12 bits per heavy atom. The molecule has 0 atom stereocenters. The van der Waals surface area contributed by atoms with Gasteiger partial charge in [-0.1, -0.05) is 0 Å². The average molecular weight is 367 g/mol. The molecule has 2 amide bonds. The van der Waals surface area contributed by atoms with Crippen molar-refractivity contribution in [2.45, 2.75) is 24.4 Å². The van der Waals surface area contributed by atoms with Gasteiger partial charge in [-0.3, -0.25) is 9.59 Å². The molecule has 0 aliphatic rings. The Kier molecular flexibility index (Phi) is 6.72. The van der Waals surface area contributed by atoms with Gasteiger partial charge >= 0.3 is 6.18 Å². The van der Waals surface area contributed by atoms with Gasteiger partial charge in [-0.15, -0.1) is 0 Å². The zero-order valence-corrected chi connectivity index (χ0v) is 13.4. The molecule has 0 bridgehead atoms. The molecular formula is C13H16F3N3O4S. The van der Waals surface area contributed by atoms with Crippen LogP contribution in [-0.2, 0) is 19.6 Å². The number of amides is 2. The van der Waals surface area contributed by atoms with Gasteiger partial charge in [0.15, 0.2) is 0 Å². The summed E-state index contributed by atoms with van der Waals surface area (Å²) in [5.41, 5.74) is 0.410. The number of carbonyl (C=O) groups is 2. The van der Waals surface area contributed by atoms with Crippen LogP contribution < -0.4 is 15.4 Å². The van der Waals surface area contributed by atoms with Crippen LogP contribution in [0.2, 0.25) is 0 Å². The Labute approximate surface area is 136 Å². The second-order valence-corrected chi connectivity index (χ2v) is 6.51. The molecule has 1 rings (SSSR count). The fourth-order valence-corrected chi connectivity index (χ4v) is 2.62. The molecule has 0 aliphatic carbocycles. The van der Waals surface area contributed by atoms with E-state index in [4.69, 9.17) is 0 Å². The highest BCUT2D eigenvalue weighted by atomic mass is 32.2. The van der Waals surface area contributed by atoms with Gasteiger partial charge in [-0.2, -0.15) is 13.2 Å². The number of hydrogen-bond donors (Lipinski definition) is 3. The maximum absolute atomic E-state index is 12.0. The van der Waals surface area contributed by atoms with E-state index in [9.17, 15) is 31.2 Å². The van der Waals surface area contributed by atoms with Gasteiger partial charge in [0, 0.05) is 25.6 Å². The molecule has 11 heteroatoms. The normalized spacial score (nSPS) is 11.8. The summed E-state index contributed by atoms with van der Waals surface area (Å²) in [4.78, 5) is 21.9. The summed E-state index contributed by atoms with van der Waals surface area (Å²) in [6.07, 6.45) is -4.95. The summed E-state index contributed by atoms with van der Waals surface area (Å²) in [6, 6.07) is 5.26. The second kappa shape index (κ2) is 8.11. The van der Waals surface area contributed by atoms with Crippen molar-refractivity contribution in [1.29, 1.82) is 0 Å². The Balaban J connectivity index is 2.52. The Hall–Kier alpha value is -2.14. The van der Waals surface area contributed by atoms with E-state index in [1.807, 2.05) is 0 Å². The predicted molar refractivity (Wildman–Crippen MR) is 79.6 cm³/mol. The van der Waals surface area contributed by atoms with Crippen molar-refractivity contribution < 1.29 is 31.2 Å². The molecule has 0 unspecified atom stereocenters. The SMILES string of the molecule is CC(=O)Nc1ccc(S(=O)(=O)NCCC(=O)NCC(F)(F)F)cc1. The third-order valence-corrected chi connectivity index (χ3v) is 4.09. The van der Waals surface area contributed by atoms with Crippen LogP contribution in [0.15, 0.2) is 29.2 Å². The van der Waals surface area contributed by atoms with E-state index in [2.05, 4.69) is 10.0 Å². The number of benzene rings is 1. The first-order chi connectivity index (χ1) is 11.0. The van der Waals surface area contributed by atoms with Crippen molar-refractivity contribution in [3.8, 4) is 0 Å². The Morgan fingerprint density at radius 3 is 2.21 bits per heavy atom. The minimum Gasteiger partial charge on any atom is -0.347 e. The van der Waals surface area contributed by atoms with E-state index >= 15 is 0 Å². The molecule has 0 aromatic heterocycles. The van der Waals surface area contributed by atoms with Gasteiger partial charge in [-0.05, 0) is 24.3 Å². The standard InChI is InChI=1S/C13H16F3N3O4S/c1-9(20)19-10-2-4-11(5-3-10)24(22,23)18-7-6-12(21)17-8-13(14,15)16/h2-5,18H,6-8H2,1H3,(H,17,21)(H,19,20). The minimum absolute atomic E-state index is 0.104. The van der Waals surface area contributed by atoms with E-state index in [1.165, 1.54) is 31.2 Å². The van der Waals surface area contributed by atoms with E-state index in [-0.39, 0.29) is 17.3 Å². The number of sulfonamides is 1. The second-order valence-electron chi connectivity index (χ2n) is 4.75. The highest BCUT2D eigenvalue weighted by Crippen LogP contribution is 2.14. The zero-order chi connectivity index (χ0) is 18.4. The number of carbonyl (C=O) groups excluding carboxylic acids is 2. The summed E-state index contributed by atoms with van der Waals surface area (Å²) in [5, 5.41) is 4.10. The Morgan fingerprint density at radius 2 is 1.71 bits per heavy atom. The summed E-state index contributed by atoms with van der Waals surface area (Å²) in [5.74, 6) is -1.23. The molecule has 0 spiro atoms. The first-order valence-electron chi connectivity index (χ1n) is 6.70. The van der Waals surface area contributed by atoms with Gasteiger partial charge in [0.2, 0.25) is 21.8 Å². The molecule has 0 radical (unpaired) electrons. The van der Waals surface area contributed by atoms with Crippen LogP contribution in [0, 0.1) is 0 Å². The highest BCUT2D eigenvalue weighted by Gasteiger charge is 2.27. The van der Waals surface area contributed by atoms with Crippen molar-refractivity contribution in [3.63, 3.8) is 0 Å². The summed E-state index contributed by atoms with van der Waals surface area (Å²) in [7, 11) is -3.91. The molecule has 134 valence electrons. The van der Waals surface area contributed by atoms with Crippen LogP contribution in [0.4, 0.5) is 18.9 Å². The number of anilines is 1. The maximum atomic E-state index is 12.0. The van der Waals surface area contributed by atoms with E-state index < -0.39 is 35.1 Å². The zero-order valence-electron chi connectivity index (χ0n) is 12.6. The molecule has 0 aliphatic heterocycles. The topological polar surface area (TPSA) is 104 Å². The lowest BCUT2D eigenvalue weighted by Gasteiger charge is -2.09. The van der Waals surface area contributed by atoms with Crippen molar-refractivity contribution in [2.24, 2.45) is 0 Å². The maximum Gasteiger partial charge on any atom is 0.405 e. The van der Waals surface area contributed by atoms with Crippen LogP contribution in [-0.4, -0.2) is 39.5 Å². The largest absolute Gasteiger partial charge is 0.405 e. The summed E-state index contributed by atoms with van der Waals surface area (Å²) in [6.45, 7) is -0.515. The van der Waals surface area contributed by atoms with Crippen molar-refractivity contribution in [1.82, 2.24) is 10.0 Å². The number of alkyl halides is 3. The molecule has 0 heterocycles. The quantitative estimate of drug-likeness (QED) is 0.668. The van der Waals surface area contributed by atoms with Crippen LogP contribution in [0.5, 0.6) is 0 Å². The van der Waals surface area contributed by atoms with Crippen LogP contribution in [0.3, 0.4) is 0 Å². The fourth-order valence-electron chi connectivity index (χ4n) is 1.59. The molecule has 1 aromatic carbocycles. The molecule has 0 saturated heterocycles. The molecule has 1 aromatic rings. The number of halogens is 3.